The van der Waals surface area contributed by atoms with E-state index in [4.69, 9.17) is 4.99 Å². The molecule has 5 rings (SSSR count). The van der Waals surface area contributed by atoms with Crippen molar-refractivity contribution in [3.8, 4) is 0 Å². The van der Waals surface area contributed by atoms with Crippen LogP contribution in [0.15, 0.2) is 52.9 Å². The van der Waals surface area contributed by atoms with Crippen molar-refractivity contribution in [3.05, 3.63) is 53.6 Å². The van der Waals surface area contributed by atoms with Gasteiger partial charge in [0.1, 0.15) is 23.2 Å². The van der Waals surface area contributed by atoms with Gasteiger partial charge in [0.2, 0.25) is 5.91 Å². The molecule has 30 heavy (non-hydrogen) atoms. The van der Waals surface area contributed by atoms with Crippen molar-refractivity contribution in [3.63, 3.8) is 0 Å². The zero-order chi connectivity index (χ0) is 20.8. The van der Waals surface area contributed by atoms with Crippen LogP contribution in [0.5, 0.6) is 0 Å². The van der Waals surface area contributed by atoms with Gasteiger partial charge in [-0.3, -0.25) is 14.8 Å². The highest BCUT2D eigenvalue weighted by molar-refractivity contribution is 8.15. The van der Waals surface area contributed by atoms with Crippen LogP contribution in [0.4, 0.5) is 8.78 Å². The van der Waals surface area contributed by atoms with Gasteiger partial charge in [0.25, 0.3) is 0 Å². The molecule has 0 spiro atoms. The Morgan fingerprint density at radius 1 is 1.33 bits per heavy atom. The highest BCUT2D eigenvalue weighted by atomic mass is 32.2. The summed E-state index contributed by atoms with van der Waals surface area (Å²) in [6.07, 6.45) is 4.43. The molecule has 8 heteroatoms. The smallest absolute Gasteiger partial charge is 0.229 e. The lowest BCUT2D eigenvalue weighted by Gasteiger charge is -2.38. The zero-order valence-electron chi connectivity index (χ0n) is 16.7. The molecule has 4 aliphatic rings. The number of rotatable bonds is 3. The van der Waals surface area contributed by atoms with Crippen molar-refractivity contribution in [2.75, 3.05) is 6.54 Å². The van der Waals surface area contributed by atoms with Crippen LogP contribution in [0, 0.1) is 5.92 Å². The summed E-state index contributed by atoms with van der Waals surface area (Å²) in [6.45, 7) is 2.67. The molecule has 0 radical (unpaired) electrons. The second kappa shape index (κ2) is 7.89. The van der Waals surface area contributed by atoms with Gasteiger partial charge < -0.3 is 10.2 Å². The van der Waals surface area contributed by atoms with Crippen LogP contribution in [0.2, 0.25) is 0 Å². The second-order valence-corrected chi connectivity index (χ2v) is 9.65. The first kappa shape index (κ1) is 19.9. The summed E-state index contributed by atoms with van der Waals surface area (Å²) in [6, 6.07) is 5.25. The Balaban J connectivity index is 1.34. The number of allylic oxidation sites excluding steroid dienone is 3. The number of halogens is 2. The number of pyridine rings is 1. The monoisotopic (exact) mass is 430 g/mol. The summed E-state index contributed by atoms with van der Waals surface area (Å²) in [5.74, 6) is -0.736. The molecule has 6 unspecified atom stereocenters. The Morgan fingerprint density at radius 3 is 2.97 bits per heavy atom. The molecular formula is C22H24F2N4OS. The van der Waals surface area contributed by atoms with Crippen LogP contribution in [0.25, 0.3) is 0 Å². The predicted octanol–water partition coefficient (Wildman–Crippen LogP) is 3.39. The summed E-state index contributed by atoms with van der Waals surface area (Å²) in [5, 5.41) is 4.33. The van der Waals surface area contributed by atoms with Gasteiger partial charge in [0.15, 0.2) is 0 Å². The number of nitrogens with zero attached hydrogens (tertiary/aromatic N) is 3. The van der Waals surface area contributed by atoms with E-state index in [1.165, 1.54) is 12.2 Å². The molecule has 0 bridgehead atoms. The predicted molar refractivity (Wildman–Crippen MR) is 114 cm³/mol. The molecule has 6 atom stereocenters. The topological polar surface area (TPSA) is 57.6 Å². The van der Waals surface area contributed by atoms with E-state index in [1.54, 1.807) is 18.0 Å². The molecule has 1 aromatic rings. The number of hydrogen-bond acceptors (Lipinski definition) is 5. The van der Waals surface area contributed by atoms with E-state index in [0.717, 1.165) is 17.2 Å². The third-order valence-electron chi connectivity index (χ3n) is 6.44. The first-order valence-corrected chi connectivity index (χ1v) is 11.3. The number of nitrogens with one attached hydrogen (secondary N) is 1. The van der Waals surface area contributed by atoms with Gasteiger partial charge in [-0.25, -0.2) is 8.78 Å². The average Bonchev–Trinajstić information content (AvgIpc) is 3.33. The maximum atomic E-state index is 14.4. The largest absolute Gasteiger partial charge is 0.319 e. The number of alkyl halides is 1. The summed E-state index contributed by atoms with van der Waals surface area (Å²) in [4.78, 5) is 24.4. The number of hydrogen-bond donors (Lipinski definition) is 1. The molecule has 158 valence electrons. The number of aliphatic imine (C=N–C) groups is 1. The van der Waals surface area contributed by atoms with Crippen molar-refractivity contribution in [1.29, 1.82) is 0 Å². The van der Waals surface area contributed by atoms with Crippen molar-refractivity contribution in [2.45, 2.75) is 55.9 Å². The number of carbonyl (C=O) groups is 1. The fourth-order valence-corrected chi connectivity index (χ4v) is 6.07. The Hall–Kier alpha value is -2.06. The lowest BCUT2D eigenvalue weighted by atomic mass is 9.88. The molecule has 1 N–H and O–H groups in total. The van der Waals surface area contributed by atoms with Crippen LogP contribution in [0.1, 0.15) is 31.9 Å². The van der Waals surface area contributed by atoms with Gasteiger partial charge in [0.05, 0.1) is 11.6 Å². The molecular weight excluding hydrogens is 406 g/mol. The number of likely N-dealkylation sites (tertiary alicyclic amines) is 1. The number of thioether (sulfide) groups is 1. The number of carbonyl (C=O) groups excluding carboxylic acids is 1. The molecule has 4 heterocycles. The van der Waals surface area contributed by atoms with Gasteiger partial charge >= 0.3 is 0 Å². The fourth-order valence-electron chi connectivity index (χ4n) is 4.98. The van der Waals surface area contributed by atoms with E-state index in [0.29, 0.717) is 13.0 Å². The fraction of sp³-hybridized carbons (Fsp3) is 0.500. The van der Waals surface area contributed by atoms with Crippen molar-refractivity contribution in [2.24, 2.45) is 10.9 Å². The molecule has 1 aromatic heterocycles. The van der Waals surface area contributed by atoms with Crippen molar-refractivity contribution >= 4 is 22.7 Å². The highest BCUT2D eigenvalue weighted by Crippen LogP contribution is 2.39. The third-order valence-corrected chi connectivity index (χ3v) is 7.59. The van der Waals surface area contributed by atoms with Gasteiger partial charge in [-0.05, 0) is 38.0 Å². The number of piperidine rings is 1. The van der Waals surface area contributed by atoms with Gasteiger partial charge in [-0.2, -0.15) is 0 Å². The first-order valence-electron chi connectivity index (χ1n) is 10.5. The SMILES string of the molecule is CC1SC(c2ccccn2)=NC1N1CCC2NC(C3=C(F)C=CCC3F)CC2C1=O. The Labute approximate surface area is 178 Å². The molecule has 2 saturated heterocycles. The summed E-state index contributed by atoms with van der Waals surface area (Å²) in [7, 11) is 0. The average molecular weight is 431 g/mol. The van der Waals surface area contributed by atoms with E-state index >= 15 is 0 Å². The zero-order valence-corrected chi connectivity index (χ0v) is 17.5. The van der Waals surface area contributed by atoms with Crippen LogP contribution >= 0.6 is 11.8 Å². The Bertz CT molecular complexity index is 934. The van der Waals surface area contributed by atoms with Gasteiger partial charge in [0, 0.05) is 42.1 Å². The van der Waals surface area contributed by atoms with E-state index in [9.17, 15) is 13.6 Å². The maximum Gasteiger partial charge on any atom is 0.229 e. The molecule has 5 nitrogen and oxygen atoms in total. The molecule has 2 fully saturated rings. The van der Waals surface area contributed by atoms with Crippen LogP contribution < -0.4 is 5.32 Å². The van der Waals surface area contributed by atoms with Crippen molar-refractivity contribution < 1.29 is 13.6 Å². The number of aromatic nitrogens is 1. The second-order valence-electron chi connectivity index (χ2n) is 8.28. The summed E-state index contributed by atoms with van der Waals surface area (Å²) < 4.78 is 28.7. The van der Waals surface area contributed by atoms with Crippen LogP contribution in [0.3, 0.4) is 0 Å². The van der Waals surface area contributed by atoms with E-state index in [1.807, 2.05) is 23.1 Å². The van der Waals surface area contributed by atoms with Gasteiger partial charge in [-0.1, -0.05) is 23.9 Å². The minimum absolute atomic E-state index is 0.0347. The van der Waals surface area contributed by atoms with E-state index < -0.39 is 18.0 Å². The minimum Gasteiger partial charge on any atom is -0.319 e. The molecule has 0 aromatic carbocycles. The Kier molecular flexibility index (Phi) is 5.23. The molecule has 1 aliphatic carbocycles. The van der Waals surface area contributed by atoms with Crippen molar-refractivity contribution in [1.82, 2.24) is 15.2 Å². The highest BCUT2D eigenvalue weighted by Gasteiger charge is 2.48. The van der Waals surface area contributed by atoms with Gasteiger partial charge in [-0.15, -0.1) is 0 Å². The number of fused-ring (bicyclic) bond motifs is 1. The normalized spacial score (nSPS) is 36.3. The molecule has 0 saturated carbocycles. The van der Waals surface area contributed by atoms with E-state index in [2.05, 4.69) is 17.2 Å². The maximum absolute atomic E-state index is 14.4. The van der Waals surface area contributed by atoms with E-state index in [-0.39, 0.29) is 41.3 Å². The first-order chi connectivity index (χ1) is 14.5. The standard InChI is InChI=1S/C22H24F2N4OS/c1-12-20(27-21(30-12)17-7-2-3-9-25-17)28-10-8-16-13(22(28)29)11-18(26-16)19-14(23)5-4-6-15(19)24/h2-5,7,9,12-13,15-16,18,20,26H,6,8,10-11H2,1H3. The summed E-state index contributed by atoms with van der Waals surface area (Å²) >= 11 is 1.64. The third kappa shape index (κ3) is 3.39. The van der Waals surface area contributed by atoms with Crippen LogP contribution in [-0.2, 0) is 4.79 Å². The lowest BCUT2D eigenvalue weighted by molar-refractivity contribution is -0.141. The molecule has 3 aliphatic heterocycles. The van der Waals surface area contributed by atoms with Crippen LogP contribution in [-0.4, -0.2) is 57.1 Å². The Morgan fingerprint density at radius 2 is 2.20 bits per heavy atom. The summed E-state index contributed by atoms with van der Waals surface area (Å²) in [5.41, 5.74) is 0.995. The quantitative estimate of drug-likeness (QED) is 0.799. The molecule has 1 amide bonds. The lowest BCUT2D eigenvalue weighted by Crippen LogP contribution is -2.53. The minimum atomic E-state index is -1.32. The number of amides is 1.